The molecule has 5 heteroatoms. The topological polar surface area (TPSA) is 54.8 Å². The van der Waals surface area contributed by atoms with Crippen molar-refractivity contribution in [1.29, 1.82) is 0 Å². The van der Waals surface area contributed by atoms with Crippen molar-refractivity contribution in [1.82, 2.24) is 19.9 Å². The van der Waals surface area contributed by atoms with Crippen LogP contribution in [0.4, 0.5) is 17.2 Å². The lowest BCUT2D eigenvalue weighted by Crippen LogP contribution is -2.31. The fraction of sp³-hybridized carbons (Fsp3) is 0.0566. The maximum absolute atomic E-state index is 5.41. The van der Waals surface area contributed by atoms with E-state index in [1.165, 1.54) is 22.3 Å². The molecule has 7 aromatic carbocycles. The Labute approximate surface area is 339 Å². The van der Waals surface area contributed by atoms with Gasteiger partial charge in [-0.3, -0.25) is 4.90 Å². The molecule has 9 aromatic rings. The van der Waals surface area contributed by atoms with Gasteiger partial charge in [-0.05, 0) is 63.2 Å². The van der Waals surface area contributed by atoms with Crippen molar-refractivity contribution >= 4 is 17.2 Å². The Morgan fingerprint density at radius 1 is 0.362 bits per heavy atom. The summed E-state index contributed by atoms with van der Waals surface area (Å²) in [5.74, 6) is 2.48. The van der Waals surface area contributed by atoms with Gasteiger partial charge in [-0.15, -0.1) is 0 Å². The summed E-state index contributed by atoms with van der Waals surface area (Å²) in [6.45, 7) is 4.60. The zero-order valence-corrected chi connectivity index (χ0v) is 32.3. The fourth-order valence-electron chi connectivity index (χ4n) is 8.23. The Morgan fingerprint density at radius 2 is 0.793 bits per heavy atom. The first kappa shape index (κ1) is 35.0. The fourth-order valence-corrected chi connectivity index (χ4v) is 8.23. The first-order chi connectivity index (χ1) is 28.5. The van der Waals surface area contributed by atoms with Crippen molar-refractivity contribution < 1.29 is 0 Å². The van der Waals surface area contributed by atoms with E-state index in [9.17, 15) is 0 Å². The number of aromatic nitrogens is 4. The summed E-state index contributed by atoms with van der Waals surface area (Å²) < 4.78 is 0. The van der Waals surface area contributed by atoms with Gasteiger partial charge in [0.05, 0.1) is 16.9 Å². The van der Waals surface area contributed by atoms with Crippen LogP contribution in [0.2, 0.25) is 0 Å². The molecule has 2 aromatic heterocycles. The quantitative estimate of drug-likeness (QED) is 0.163. The largest absolute Gasteiger partial charge is 0.294 e. The molecule has 0 radical (unpaired) electrons. The van der Waals surface area contributed by atoms with Crippen molar-refractivity contribution in [3.05, 3.63) is 211 Å². The lowest BCUT2D eigenvalue weighted by atomic mass is 9.73. The Hall–Kier alpha value is -7.50. The first-order valence-electron chi connectivity index (χ1n) is 19.6. The molecule has 276 valence electrons. The van der Waals surface area contributed by atoms with Gasteiger partial charge in [0.1, 0.15) is 5.82 Å². The van der Waals surface area contributed by atoms with Crippen LogP contribution in [0, 0.1) is 0 Å². The van der Waals surface area contributed by atoms with E-state index < -0.39 is 0 Å². The van der Waals surface area contributed by atoms with Gasteiger partial charge < -0.3 is 0 Å². The monoisotopic (exact) mass is 745 g/mol. The third-order valence-electron chi connectivity index (χ3n) is 11.2. The van der Waals surface area contributed by atoms with Crippen LogP contribution in [-0.4, -0.2) is 19.9 Å². The number of pyridine rings is 1. The number of anilines is 3. The molecule has 58 heavy (non-hydrogen) atoms. The van der Waals surface area contributed by atoms with Crippen molar-refractivity contribution in [2.75, 3.05) is 4.90 Å². The van der Waals surface area contributed by atoms with Gasteiger partial charge in [-0.25, -0.2) is 19.9 Å². The molecule has 0 N–H and O–H groups in total. The van der Waals surface area contributed by atoms with E-state index in [-0.39, 0.29) is 5.41 Å². The Morgan fingerprint density at radius 3 is 1.33 bits per heavy atom. The summed E-state index contributed by atoms with van der Waals surface area (Å²) in [4.78, 5) is 23.3. The summed E-state index contributed by atoms with van der Waals surface area (Å²) in [5.41, 5.74) is 13.6. The third kappa shape index (κ3) is 6.23. The van der Waals surface area contributed by atoms with E-state index in [4.69, 9.17) is 19.9 Å². The van der Waals surface area contributed by atoms with Crippen LogP contribution in [0.5, 0.6) is 0 Å². The molecular formula is C53H39N5. The van der Waals surface area contributed by atoms with Gasteiger partial charge in [0.2, 0.25) is 0 Å². The zero-order chi connectivity index (χ0) is 39.1. The van der Waals surface area contributed by atoms with Crippen LogP contribution in [0.25, 0.3) is 67.5 Å². The standard InChI is InChI=1S/C53H39N5/c1-53(2)45-27-15-17-29-47(45)58(48-30-18-16-28-46(48)53)52-44(51-56-49(38-23-11-5-12-24-38)55-50(57-51)39-25-13-6-14-26-39)34-41(35-54-52)40-31-32-42(36-19-7-3-8-20-36)43(33-40)37-21-9-4-10-22-37/h3-35H,1-2H3. The molecule has 0 spiro atoms. The summed E-state index contributed by atoms with van der Waals surface area (Å²) in [6.07, 6.45) is 1.99. The number of rotatable bonds is 7. The Balaban J connectivity index is 1.24. The lowest BCUT2D eigenvalue weighted by molar-refractivity contribution is 0.631. The van der Waals surface area contributed by atoms with Gasteiger partial charge in [-0.1, -0.05) is 184 Å². The smallest absolute Gasteiger partial charge is 0.167 e. The second-order valence-electron chi connectivity index (χ2n) is 15.1. The highest BCUT2D eigenvalue weighted by molar-refractivity contribution is 5.92. The molecule has 5 nitrogen and oxygen atoms in total. The van der Waals surface area contributed by atoms with E-state index in [0.29, 0.717) is 17.5 Å². The van der Waals surface area contributed by atoms with E-state index in [1.54, 1.807) is 0 Å². The average Bonchev–Trinajstić information content (AvgIpc) is 3.30. The molecule has 3 heterocycles. The van der Waals surface area contributed by atoms with E-state index in [0.717, 1.165) is 56.1 Å². The summed E-state index contributed by atoms with van der Waals surface area (Å²) in [6, 6.07) is 67.6. The van der Waals surface area contributed by atoms with Crippen LogP contribution < -0.4 is 4.90 Å². The highest BCUT2D eigenvalue weighted by Gasteiger charge is 2.38. The second-order valence-corrected chi connectivity index (χ2v) is 15.1. The lowest BCUT2D eigenvalue weighted by Gasteiger charge is -2.41. The van der Waals surface area contributed by atoms with Gasteiger partial charge in [0.15, 0.2) is 17.5 Å². The van der Waals surface area contributed by atoms with Crippen molar-refractivity contribution in [3.63, 3.8) is 0 Å². The molecule has 10 rings (SSSR count). The number of fused-ring (bicyclic) bond motifs is 2. The van der Waals surface area contributed by atoms with Crippen molar-refractivity contribution in [2.24, 2.45) is 0 Å². The van der Waals surface area contributed by atoms with Gasteiger partial charge in [-0.2, -0.15) is 0 Å². The van der Waals surface area contributed by atoms with Gasteiger partial charge in [0.25, 0.3) is 0 Å². The molecule has 1 aliphatic rings. The van der Waals surface area contributed by atoms with Crippen LogP contribution in [0.15, 0.2) is 200 Å². The minimum atomic E-state index is -0.230. The maximum atomic E-state index is 5.41. The predicted octanol–water partition coefficient (Wildman–Crippen LogP) is 13.4. The Kier molecular flexibility index (Phi) is 8.76. The van der Waals surface area contributed by atoms with Crippen LogP contribution in [-0.2, 0) is 5.41 Å². The number of benzene rings is 7. The van der Waals surface area contributed by atoms with E-state index in [2.05, 4.69) is 152 Å². The van der Waals surface area contributed by atoms with E-state index in [1.807, 2.05) is 66.9 Å². The zero-order valence-electron chi connectivity index (χ0n) is 32.3. The molecule has 0 fully saturated rings. The highest BCUT2D eigenvalue weighted by Crippen LogP contribution is 2.53. The molecule has 0 atom stereocenters. The van der Waals surface area contributed by atoms with Crippen molar-refractivity contribution in [2.45, 2.75) is 19.3 Å². The van der Waals surface area contributed by atoms with Gasteiger partial charge >= 0.3 is 0 Å². The molecule has 0 amide bonds. The average molecular weight is 746 g/mol. The first-order valence-corrected chi connectivity index (χ1v) is 19.6. The molecule has 0 saturated carbocycles. The molecule has 0 saturated heterocycles. The molecule has 0 bridgehead atoms. The van der Waals surface area contributed by atoms with Crippen molar-refractivity contribution in [3.8, 4) is 67.5 Å². The van der Waals surface area contributed by atoms with E-state index >= 15 is 0 Å². The van der Waals surface area contributed by atoms with Crippen LogP contribution in [0.1, 0.15) is 25.0 Å². The summed E-state index contributed by atoms with van der Waals surface area (Å²) >= 11 is 0. The number of hydrogen-bond acceptors (Lipinski definition) is 5. The maximum Gasteiger partial charge on any atom is 0.167 e. The summed E-state index contributed by atoms with van der Waals surface area (Å²) in [5, 5.41) is 0. The highest BCUT2D eigenvalue weighted by atomic mass is 15.2. The summed E-state index contributed by atoms with van der Waals surface area (Å²) in [7, 11) is 0. The molecule has 1 aliphatic heterocycles. The minimum Gasteiger partial charge on any atom is -0.294 e. The number of nitrogens with zero attached hydrogens (tertiary/aromatic N) is 5. The van der Waals surface area contributed by atoms with Crippen LogP contribution in [0.3, 0.4) is 0 Å². The SMILES string of the molecule is CC1(C)c2ccccc2N(c2ncc(-c3ccc(-c4ccccc4)c(-c4ccccc4)c3)cc2-c2nc(-c3ccccc3)nc(-c3ccccc3)n2)c2ccccc21. The predicted molar refractivity (Wildman–Crippen MR) is 237 cm³/mol. The minimum absolute atomic E-state index is 0.230. The Bertz CT molecular complexity index is 2800. The second kappa shape index (κ2) is 14.5. The number of hydrogen-bond donors (Lipinski definition) is 0. The normalized spacial score (nSPS) is 12.8. The molecular weight excluding hydrogens is 707 g/mol. The molecule has 0 unspecified atom stereocenters. The van der Waals surface area contributed by atoms with Crippen LogP contribution >= 0.6 is 0 Å². The molecule has 0 aliphatic carbocycles. The third-order valence-corrected chi connectivity index (χ3v) is 11.2. The van der Waals surface area contributed by atoms with Gasteiger partial charge in [0, 0.05) is 28.3 Å². The number of para-hydroxylation sites is 2.